The smallest absolute Gasteiger partial charge is 0.255 e. The average Bonchev–Trinajstić information content (AvgIpc) is 2.63. The highest BCUT2D eigenvalue weighted by Gasteiger charge is 2.36. The molecule has 1 aliphatic heterocycles. The number of rotatable bonds is 1. The van der Waals surface area contributed by atoms with Gasteiger partial charge in [0, 0.05) is 17.1 Å². The highest BCUT2D eigenvalue weighted by Crippen LogP contribution is 2.33. The molecule has 1 fully saturated rings. The zero-order valence-electron chi connectivity index (χ0n) is 13.8. The summed E-state index contributed by atoms with van der Waals surface area (Å²) >= 11 is 0. The lowest BCUT2D eigenvalue weighted by Gasteiger charge is -2.41. The van der Waals surface area contributed by atoms with E-state index in [9.17, 15) is 4.79 Å². The molecule has 0 aromatic heterocycles. The highest BCUT2D eigenvalue weighted by molar-refractivity contribution is 6.07. The molecule has 0 spiro atoms. The fourth-order valence-electron chi connectivity index (χ4n) is 3.86. The Kier molecular flexibility index (Phi) is 3.94. The topological polar surface area (TPSA) is 20.3 Å². The molecule has 0 N–H and O–H groups in total. The molecule has 22 heavy (non-hydrogen) atoms. The van der Waals surface area contributed by atoms with E-state index in [1.807, 2.05) is 24.3 Å². The van der Waals surface area contributed by atoms with Crippen LogP contribution in [0.4, 0.5) is 0 Å². The number of likely N-dealkylation sites (tertiary alicyclic amines) is 1. The van der Waals surface area contributed by atoms with Crippen LogP contribution in [0.2, 0.25) is 0 Å². The van der Waals surface area contributed by atoms with E-state index >= 15 is 0 Å². The lowest BCUT2D eigenvalue weighted by atomic mass is 9.94. The highest BCUT2D eigenvalue weighted by atomic mass is 16.2. The molecule has 2 heteroatoms. The Morgan fingerprint density at radius 2 is 1.82 bits per heavy atom. The van der Waals surface area contributed by atoms with Crippen LogP contribution in [0.1, 0.15) is 56.8 Å². The number of carbonyl (C=O) groups excluding carboxylic acids is 1. The first-order valence-electron chi connectivity index (χ1n) is 8.32. The van der Waals surface area contributed by atoms with Gasteiger partial charge in [0.2, 0.25) is 0 Å². The number of benzene rings is 2. The molecule has 2 aromatic carbocycles. The van der Waals surface area contributed by atoms with Crippen molar-refractivity contribution in [3.63, 3.8) is 0 Å². The molecule has 2 aromatic rings. The van der Waals surface area contributed by atoms with E-state index in [1.165, 1.54) is 12.8 Å². The fraction of sp³-hybridized carbons (Fsp3) is 0.450. The minimum atomic E-state index is -0.0794. The Morgan fingerprint density at radius 1 is 1.09 bits per heavy atom. The summed E-state index contributed by atoms with van der Waals surface area (Å²) in [5.41, 5.74) is 0.754. The second-order valence-corrected chi connectivity index (χ2v) is 7.11. The van der Waals surface area contributed by atoms with E-state index in [0.29, 0.717) is 6.04 Å². The van der Waals surface area contributed by atoms with Gasteiger partial charge in [0.25, 0.3) is 5.91 Å². The van der Waals surface area contributed by atoms with Crippen molar-refractivity contribution in [2.75, 3.05) is 0 Å². The van der Waals surface area contributed by atoms with Gasteiger partial charge >= 0.3 is 0 Å². The van der Waals surface area contributed by atoms with E-state index < -0.39 is 0 Å². The molecule has 1 saturated heterocycles. The standard InChI is InChI=1S/C20H25NO/c1-15-9-6-7-14-20(2,3)21(15)19(22)18-13-8-11-16-10-4-5-12-17(16)18/h4-5,8,10-13,15H,6-7,9,14H2,1-3H3. The quantitative estimate of drug-likeness (QED) is 0.723. The van der Waals surface area contributed by atoms with Gasteiger partial charge in [-0.2, -0.15) is 0 Å². The van der Waals surface area contributed by atoms with Gasteiger partial charge in [-0.1, -0.05) is 49.2 Å². The minimum absolute atomic E-state index is 0.0794. The number of carbonyl (C=O) groups is 1. The summed E-state index contributed by atoms with van der Waals surface area (Å²) in [6, 6.07) is 14.5. The van der Waals surface area contributed by atoms with Crippen molar-refractivity contribution in [3.8, 4) is 0 Å². The van der Waals surface area contributed by atoms with E-state index in [1.54, 1.807) is 0 Å². The Morgan fingerprint density at radius 3 is 2.64 bits per heavy atom. The van der Waals surface area contributed by atoms with Crippen molar-refractivity contribution in [1.29, 1.82) is 0 Å². The maximum Gasteiger partial charge on any atom is 0.255 e. The van der Waals surface area contributed by atoms with Crippen molar-refractivity contribution < 1.29 is 4.79 Å². The van der Waals surface area contributed by atoms with Crippen LogP contribution in [0.25, 0.3) is 10.8 Å². The van der Waals surface area contributed by atoms with Gasteiger partial charge in [0.15, 0.2) is 0 Å². The molecule has 0 aliphatic carbocycles. The van der Waals surface area contributed by atoms with E-state index in [-0.39, 0.29) is 11.4 Å². The Hall–Kier alpha value is -1.83. The first-order valence-corrected chi connectivity index (χ1v) is 8.32. The molecule has 1 atom stereocenters. The molecule has 1 heterocycles. The summed E-state index contributed by atoms with van der Waals surface area (Å²) in [7, 11) is 0. The van der Waals surface area contributed by atoms with Crippen molar-refractivity contribution in [2.24, 2.45) is 0 Å². The second-order valence-electron chi connectivity index (χ2n) is 7.11. The van der Waals surface area contributed by atoms with Gasteiger partial charge in [0.05, 0.1) is 0 Å². The fourth-order valence-corrected chi connectivity index (χ4v) is 3.86. The summed E-state index contributed by atoms with van der Waals surface area (Å²) in [6.45, 7) is 6.60. The van der Waals surface area contributed by atoms with Crippen LogP contribution in [0.3, 0.4) is 0 Å². The minimum Gasteiger partial charge on any atom is -0.331 e. The van der Waals surface area contributed by atoms with Crippen LogP contribution in [-0.4, -0.2) is 22.4 Å². The lowest BCUT2D eigenvalue weighted by molar-refractivity contribution is 0.0433. The van der Waals surface area contributed by atoms with E-state index in [2.05, 4.69) is 43.9 Å². The molecule has 2 nitrogen and oxygen atoms in total. The summed E-state index contributed by atoms with van der Waals surface area (Å²) in [4.78, 5) is 15.4. The van der Waals surface area contributed by atoms with Gasteiger partial charge in [-0.25, -0.2) is 0 Å². The lowest BCUT2D eigenvalue weighted by Crippen LogP contribution is -2.51. The van der Waals surface area contributed by atoms with Crippen LogP contribution >= 0.6 is 0 Å². The van der Waals surface area contributed by atoms with Crippen LogP contribution in [0, 0.1) is 0 Å². The summed E-state index contributed by atoms with van der Waals surface area (Å²) in [5.74, 6) is 0.177. The maximum atomic E-state index is 13.3. The molecule has 1 amide bonds. The summed E-state index contributed by atoms with van der Waals surface area (Å²) < 4.78 is 0. The third-order valence-corrected chi connectivity index (χ3v) is 4.99. The monoisotopic (exact) mass is 295 g/mol. The molecule has 0 saturated carbocycles. The zero-order chi connectivity index (χ0) is 15.7. The molecular weight excluding hydrogens is 270 g/mol. The van der Waals surface area contributed by atoms with Crippen LogP contribution in [0.5, 0.6) is 0 Å². The normalized spacial score (nSPS) is 21.6. The van der Waals surface area contributed by atoms with Crippen LogP contribution in [-0.2, 0) is 0 Å². The number of hydrogen-bond acceptors (Lipinski definition) is 1. The third kappa shape index (κ3) is 2.63. The van der Waals surface area contributed by atoms with Gasteiger partial charge in [0.1, 0.15) is 0 Å². The Labute approximate surface area is 133 Å². The third-order valence-electron chi connectivity index (χ3n) is 4.99. The van der Waals surface area contributed by atoms with E-state index in [0.717, 1.165) is 29.2 Å². The first-order chi connectivity index (χ1) is 10.5. The van der Waals surface area contributed by atoms with Gasteiger partial charge in [-0.05, 0) is 50.5 Å². The van der Waals surface area contributed by atoms with Crippen molar-refractivity contribution >= 4 is 16.7 Å². The molecule has 0 radical (unpaired) electrons. The van der Waals surface area contributed by atoms with Crippen molar-refractivity contribution in [2.45, 2.75) is 58.0 Å². The first kappa shape index (κ1) is 15.1. The average molecular weight is 295 g/mol. The Balaban J connectivity index is 2.07. The summed E-state index contributed by atoms with van der Waals surface area (Å²) in [6.07, 6.45) is 4.59. The van der Waals surface area contributed by atoms with E-state index in [4.69, 9.17) is 0 Å². The van der Waals surface area contributed by atoms with Crippen molar-refractivity contribution in [3.05, 3.63) is 48.0 Å². The molecule has 0 bridgehead atoms. The maximum absolute atomic E-state index is 13.3. The number of fused-ring (bicyclic) bond motifs is 1. The molecular formula is C20H25NO. The summed E-state index contributed by atoms with van der Waals surface area (Å²) in [5, 5.41) is 2.19. The second kappa shape index (κ2) is 5.75. The molecule has 1 unspecified atom stereocenters. The number of amides is 1. The SMILES string of the molecule is CC1CCCCC(C)(C)N1C(=O)c1cccc2ccccc12. The van der Waals surface area contributed by atoms with Crippen molar-refractivity contribution in [1.82, 2.24) is 4.90 Å². The number of nitrogens with zero attached hydrogens (tertiary/aromatic N) is 1. The van der Waals surface area contributed by atoms with Gasteiger partial charge in [-0.15, -0.1) is 0 Å². The largest absolute Gasteiger partial charge is 0.331 e. The Bertz CT molecular complexity index is 684. The zero-order valence-corrected chi connectivity index (χ0v) is 13.8. The number of hydrogen-bond donors (Lipinski definition) is 0. The molecule has 1 aliphatic rings. The predicted octanol–water partition coefficient (Wildman–Crippen LogP) is 5.02. The molecule has 3 rings (SSSR count). The predicted molar refractivity (Wildman–Crippen MR) is 92.1 cm³/mol. The van der Waals surface area contributed by atoms with Gasteiger partial charge in [-0.3, -0.25) is 4.79 Å². The molecule has 116 valence electrons. The van der Waals surface area contributed by atoms with Crippen LogP contribution in [0.15, 0.2) is 42.5 Å². The van der Waals surface area contributed by atoms with Crippen LogP contribution < -0.4 is 0 Å². The van der Waals surface area contributed by atoms with Gasteiger partial charge < -0.3 is 4.90 Å².